The third-order valence-electron chi connectivity index (χ3n) is 2.54. The summed E-state index contributed by atoms with van der Waals surface area (Å²) in [4.78, 5) is 0. The number of halogens is 4. The molecule has 2 N–H and O–H groups in total. The van der Waals surface area contributed by atoms with Crippen LogP contribution in [-0.2, 0) is 0 Å². The Kier molecular flexibility index (Phi) is 4.28. The van der Waals surface area contributed by atoms with Gasteiger partial charge in [0.05, 0.1) is 6.04 Å². The Morgan fingerprint density at radius 2 is 1.83 bits per heavy atom. The van der Waals surface area contributed by atoms with E-state index in [4.69, 9.17) is 28.9 Å². The zero-order chi connectivity index (χ0) is 13.3. The van der Waals surface area contributed by atoms with Crippen molar-refractivity contribution < 1.29 is 4.39 Å². The lowest BCUT2D eigenvalue weighted by molar-refractivity contribution is 0.622. The molecule has 2 aromatic carbocycles. The van der Waals surface area contributed by atoms with Crippen molar-refractivity contribution in [1.82, 2.24) is 0 Å². The molecule has 0 fully saturated rings. The monoisotopic (exact) mass is 347 g/mol. The average molecular weight is 349 g/mol. The first-order chi connectivity index (χ1) is 8.47. The van der Waals surface area contributed by atoms with Gasteiger partial charge >= 0.3 is 0 Å². The van der Waals surface area contributed by atoms with Crippen LogP contribution in [0.15, 0.2) is 40.9 Å². The fourth-order valence-electron chi connectivity index (χ4n) is 1.69. The number of hydrogen-bond donors (Lipinski definition) is 1. The highest BCUT2D eigenvalue weighted by Crippen LogP contribution is 2.30. The van der Waals surface area contributed by atoms with Gasteiger partial charge < -0.3 is 5.73 Å². The van der Waals surface area contributed by atoms with Gasteiger partial charge in [-0.1, -0.05) is 45.2 Å². The summed E-state index contributed by atoms with van der Waals surface area (Å²) in [5, 5.41) is 1.01. The van der Waals surface area contributed by atoms with Crippen LogP contribution in [0.25, 0.3) is 0 Å². The topological polar surface area (TPSA) is 26.0 Å². The van der Waals surface area contributed by atoms with E-state index in [0.29, 0.717) is 25.6 Å². The Morgan fingerprint density at radius 1 is 1.11 bits per heavy atom. The van der Waals surface area contributed by atoms with E-state index in [-0.39, 0.29) is 5.82 Å². The Hall–Kier alpha value is -0.610. The first-order valence-corrected chi connectivity index (χ1v) is 6.69. The number of hydrogen-bond acceptors (Lipinski definition) is 1. The van der Waals surface area contributed by atoms with Crippen molar-refractivity contribution in [2.24, 2.45) is 5.73 Å². The van der Waals surface area contributed by atoms with Gasteiger partial charge in [-0.25, -0.2) is 4.39 Å². The Labute approximate surface area is 123 Å². The molecule has 0 radical (unpaired) electrons. The summed E-state index contributed by atoms with van der Waals surface area (Å²) in [7, 11) is 0. The van der Waals surface area contributed by atoms with E-state index in [1.807, 2.05) is 0 Å². The molecule has 0 aliphatic heterocycles. The van der Waals surface area contributed by atoms with E-state index in [1.165, 1.54) is 12.1 Å². The van der Waals surface area contributed by atoms with Crippen LogP contribution >= 0.6 is 39.1 Å². The maximum atomic E-state index is 13.3. The first-order valence-electron chi connectivity index (χ1n) is 5.14. The Morgan fingerprint density at radius 3 is 2.44 bits per heavy atom. The molecule has 1 atom stereocenters. The molecule has 0 saturated carbocycles. The fraction of sp³-hybridized carbons (Fsp3) is 0.0769. The molecule has 0 saturated heterocycles. The van der Waals surface area contributed by atoms with Gasteiger partial charge in [-0.15, -0.1) is 0 Å². The van der Waals surface area contributed by atoms with Crippen molar-refractivity contribution in [1.29, 1.82) is 0 Å². The molecule has 18 heavy (non-hydrogen) atoms. The summed E-state index contributed by atoms with van der Waals surface area (Å²) in [6, 6.07) is 9.10. The van der Waals surface area contributed by atoms with E-state index in [1.54, 1.807) is 24.3 Å². The second-order valence-corrected chi connectivity index (χ2v) is 5.61. The minimum atomic E-state index is -0.498. The van der Waals surface area contributed by atoms with Crippen LogP contribution in [0.5, 0.6) is 0 Å². The molecule has 0 amide bonds. The summed E-state index contributed by atoms with van der Waals surface area (Å²) in [6.45, 7) is 0. The van der Waals surface area contributed by atoms with Gasteiger partial charge in [0.1, 0.15) is 5.82 Å². The molecule has 5 heteroatoms. The van der Waals surface area contributed by atoms with Crippen LogP contribution in [0, 0.1) is 5.82 Å². The quantitative estimate of drug-likeness (QED) is 0.816. The van der Waals surface area contributed by atoms with Crippen LogP contribution < -0.4 is 5.73 Å². The molecule has 0 aromatic heterocycles. The minimum Gasteiger partial charge on any atom is -0.320 e. The van der Waals surface area contributed by atoms with Gasteiger partial charge in [-0.05, 0) is 41.5 Å². The van der Waals surface area contributed by atoms with Crippen molar-refractivity contribution in [2.45, 2.75) is 6.04 Å². The van der Waals surface area contributed by atoms with E-state index in [2.05, 4.69) is 15.9 Å². The van der Waals surface area contributed by atoms with Crippen LogP contribution in [0.4, 0.5) is 4.39 Å². The standard InChI is InChI=1S/C13H9BrCl2FN/c14-8-3-7(4-10(17)5-8)13(18)11-2-1-9(15)6-12(11)16/h1-6,13H,18H2. The largest absolute Gasteiger partial charge is 0.320 e. The smallest absolute Gasteiger partial charge is 0.124 e. The molecule has 1 unspecified atom stereocenters. The molecule has 0 heterocycles. The highest BCUT2D eigenvalue weighted by Gasteiger charge is 2.14. The molecule has 94 valence electrons. The van der Waals surface area contributed by atoms with Crippen LogP contribution in [0.3, 0.4) is 0 Å². The zero-order valence-corrected chi connectivity index (χ0v) is 12.2. The number of nitrogens with two attached hydrogens (primary N) is 1. The molecule has 2 rings (SSSR count). The second-order valence-electron chi connectivity index (χ2n) is 3.85. The third kappa shape index (κ3) is 3.04. The van der Waals surface area contributed by atoms with Crippen LogP contribution in [0.1, 0.15) is 17.2 Å². The predicted octanol–water partition coefficient (Wildman–Crippen LogP) is 4.94. The van der Waals surface area contributed by atoms with E-state index in [0.717, 1.165) is 0 Å². The molecule has 1 nitrogen and oxygen atoms in total. The summed E-state index contributed by atoms with van der Waals surface area (Å²) in [5.41, 5.74) is 7.44. The first kappa shape index (κ1) is 13.8. The Balaban J connectivity index is 2.44. The lowest BCUT2D eigenvalue weighted by Crippen LogP contribution is -2.12. The molecule has 0 aliphatic carbocycles. The fourth-order valence-corrected chi connectivity index (χ4v) is 2.70. The molecule has 0 bridgehead atoms. The van der Waals surface area contributed by atoms with E-state index < -0.39 is 6.04 Å². The van der Waals surface area contributed by atoms with Gasteiger partial charge in [0, 0.05) is 14.5 Å². The maximum Gasteiger partial charge on any atom is 0.124 e. The van der Waals surface area contributed by atoms with Gasteiger partial charge in [0.25, 0.3) is 0 Å². The highest BCUT2D eigenvalue weighted by molar-refractivity contribution is 9.10. The van der Waals surface area contributed by atoms with Crippen molar-refractivity contribution in [3.05, 3.63) is 67.9 Å². The minimum absolute atomic E-state index is 0.347. The van der Waals surface area contributed by atoms with E-state index in [9.17, 15) is 4.39 Å². The summed E-state index contributed by atoms with van der Waals surface area (Å²) in [5.74, 6) is -0.347. The molecule has 0 spiro atoms. The Bertz CT molecular complexity index is 569. The normalized spacial score (nSPS) is 12.5. The molecular weight excluding hydrogens is 340 g/mol. The second kappa shape index (κ2) is 5.57. The summed E-state index contributed by atoms with van der Waals surface area (Å²) >= 11 is 15.1. The predicted molar refractivity (Wildman–Crippen MR) is 76.6 cm³/mol. The van der Waals surface area contributed by atoms with Crippen LogP contribution in [0.2, 0.25) is 10.0 Å². The van der Waals surface area contributed by atoms with Crippen molar-refractivity contribution in [3.8, 4) is 0 Å². The zero-order valence-electron chi connectivity index (χ0n) is 9.13. The molecule has 2 aromatic rings. The SMILES string of the molecule is NC(c1cc(F)cc(Br)c1)c1ccc(Cl)cc1Cl. The van der Waals surface area contributed by atoms with Crippen molar-refractivity contribution in [3.63, 3.8) is 0 Å². The lowest BCUT2D eigenvalue weighted by atomic mass is 9.99. The summed E-state index contributed by atoms with van der Waals surface area (Å²) < 4.78 is 14.0. The van der Waals surface area contributed by atoms with Crippen molar-refractivity contribution in [2.75, 3.05) is 0 Å². The van der Waals surface area contributed by atoms with Crippen molar-refractivity contribution >= 4 is 39.1 Å². The third-order valence-corrected chi connectivity index (χ3v) is 3.56. The highest BCUT2D eigenvalue weighted by atomic mass is 79.9. The lowest BCUT2D eigenvalue weighted by Gasteiger charge is -2.15. The van der Waals surface area contributed by atoms with E-state index >= 15 is 0 Å². The van der Waals surface area contributed by atoms with Crippen LogP contribution in [-0.4, -0.2) is 0 Å². The average Bonchev–Trinajstić information content (AvgIpc) is 2.26. The van der Waals surface area contributed by atoms with Gasteiger partial charge in [0.15, 0.2) is 0 Å². The summed E-state index contributed by atoms with van der Waals surface area (Å²) in [6.07, 6.45) is 0. The number of rotatable bonds is 2. The number of benzene rings is 2. The van der Waals surface area contributed by atoms with Gasteiger partial charge in [-0.2, -0.15) is 0 Å². The molecule has 0 aliphatic rings. The van der Waals surface area contributed by atoms with Gasteiger partial charge in [-0.3, -0.25) is 0 Å². The maximum absolute atomic E-state index is 13.3. The van der Waals surface area contributed by atoms with Gasteiger partial charge in [0.2, 0.25) is 0 Å². The molecular formula is C13H9BrCl2FN.